The minimum absolute atomic E-state index is 0.118. The smallest absolute Gasteiger partial charge is 0.271 e. The summed E-state index contributed by atoms with van der Waals surface area (Å²) in [6, 6.07) is 13.2. The van der Waals surface area contributed by atoms with Crippen LogP contribution in [0, 0.1) is 13.8 Å². The van der Waals surface area contributed by atoms with Gasteiger partial charge in [-0.15, -0.1) is 0 Å². The number of carbonyl (C=O) groups is 1. The Morgan fingerprint density at radius 3 is 2.62 bits per heavy atom. The maximum absolute atomic E-state index is 13.8. The molecule has 2 aromatic heterocycles. The molecule has 0 fully saturated rings. The molecule has 0 saturated heterocycles. The average molecular weight is 472 g/mol. The first-order valence-electron chi connectivity index (χ1n) is 11.1. The highest BCUT2D eigenvalue weighted by Crippen LogP contribution is 2.40. The van der Waals surface area contributed by atoms with Crippen LogP contribution in [0.1, 0.15) is 42.4 Å². The molecular formula is C27H25N3O3S. The van der Waals surface area contributed by atoms with E-state index in [4.69, 9.17) is 4.74 Å². The fraction of sp³-hybridized carbons (Fsp3) is 0.222. The van der Waals surface area contributed by atoms with Crippen LogP contribution < -0.4 is 19.6 Å². The Bertz CT molecular complexity index is 1680. The Balaban J connectivity index is 1.88. The minimum Gasteiger partial charge on any atom is -0.496 e. The first kappa shape index (κ1) is 22.1. The van der Waals surface area contributed by atoms with Crippen molar-refractivity contribution < 1.29 is 9.53 Å². The SMILES string of the molecule is COc1ccc2ccccc2c1[C@H]1C(C(C)=O)=C(C)N=c2sc(=Cc3cc(C)[nH]c3C)c(=O)n21. The Kier molecular flexibility index (Phi) is 5.37. The van der Waals surface area contributed by atoms with Gasteiger partial charge in [0.1, 0.15) is 5.75 Å². The van der Waals surface area contributed by atoms with Crippen molar-refractivity contribution in [3.05, 3.63) is 95.9 Å². The molecule has 2 aromatic carbocycles. The van der Waals surface area contributed by atoms with Crippen LogP contribution in [-0.4, -0.2) is 22.4 Å². The highest BCUT2D eigenvalue weighted by molar-refractivity contribution is 7.07. The van der Waals surface area contributed by atoms with E-state index in [2.05, 4.69) is 9.98 Å². The molecule has 1 atom stereocenters. The van der Waals surface area contributed by atoms with E-state index in [1.807, 2.05) is 69.3 Å². The van der Waals surface area contributed by atoms with Gasteiger partial charge in [0.15, 0.2) is 10.6 Å². The van der Waals surface area contributed by atoms with Crippen LogP contribution in [0.3, 0.4) is 0 Å². The summed E-state index contributed by atoms with van der Waals surface area (Å²) < 4.78 is 7.98. The van der Waals surface area contributed by atoms with Gasteiger partial charge in [0.2, 0.25) is 0 Å². The molecule has 6 nitrogen and oxygen atoms in total. The van der Waals surface area contributed by atoms with E-state index in [0.717, 1.165) is 33.3 Å². The summed E-state index contributed by atoms with van der Waals surface area (Å²) in [5.74, 6) is 0.511. The minimum atomic E-state index is -0.633. The van der Waals surface area contributed by atoms with E-state index in [0.29, 0.717) is 26.4 Å². The van der Waals surface area contributed by atoms with E-state index in [-0.39, 0.29) is 11.3 Å². The van der Waals surface area contributed by atoms with Crippen LogP contribution in [0.15, 0.2) is 63.5 Å². The van der Waals surface area contributed by atoms with Gasteiger partial charge in [-0.05, 0) is 62.2 Å². The molecule has 34 heavy (non-hydrogen) atoms. The first-order valence-corrected chi connectivity index (χ1v) is 11.9. The summed E-state index contributed by atoms with van der Waals surface area (Å²) in [5, 5.41) is 1.95. The van der Waals surface area contributed by atoms with E-state index in [1.165, 1.54) is 18.3 Å². The van der Waals surface area contributed by atoms with Crippen molar-refractivity contribution in [2.45, 2.75) is 33.7 Å². The number of hydrogen-bond donors (Lipinski definition) is 1. The third-order valence-corrected chi connectivity index (χ3v) is 7.28. The Labute approximate surface area is 200 Å². The highest BCUT2D eigenvalue weighted by Gasteiger charge is 2.33. The number of ketones is 1. The number of allylic oxidation sites excluding steroid dienone is 2. The largest absolute Gasteiger partial charge is 0.496 e. The Morgan fingerprint density at radius 1 is 1.18 bits per heavy atom. The zero-order chi connectivity index (χ0) is 24.1. The molecule has 0 radical (unpaired) electrons. The summed E-state index contributed by atoms with van der Waals surface area (Å²) >= 11 is 1.34. The van der Waals surface area contributed by atoms with Gasteiger partial charge in [0.25, 0.3) is 5.56 Å². The molecule has 5 rings (SSSR count). The standard InChI is InChI=1S/C27H25N3O3S/c1-14-12-19(15(2)28-14)13-22-26(32)30-25(23(17(4)31)16(3)29-27(30)34-22)24-20-9-7-6-8-18(20)10-11-21(24)33-5/h6-13,25,28H,1-5H3/t25-/m1/s1. The fourth-order valence-electron chi connectivity index (χ4n) is 4.82. The number of nitrogens with zero attached hydrogens (tertiary/aromatic N) is 2. The molecule has 3 heterocycles. The molecule has 0 amide bonds. The third kappa shape index (κ3) is 3.44. The highest BCUT2D eigenvalue weighted by atomic mass is 32.1. The van der Waals surface area contributed by atoms with Gasteiger partial charge in [0, 0.05) is 28.2 Å². The molecule has 0 saturated carbocycles. The van der Waals surface area contributed by atoms with E-state index in [1.54, 1.807) is 11.7 Å². The molecule has 4 aromatic rings. The number of aryl methyl sites for hydroxylation is 2. The third-order valence-electron chi connectivity index (χ3n) is 6.30. The van der Waals surface area contributed by atoms with Crippen molar-refractivity contribution in [2.75, 3.05) is 7.11 Å². The molecule has 1 aliphatic heterocycles. The Hall–Kier alpha value is -3.71. The van der Waals surface area contributed by atoms with Crippen molar-refractivity contribution in [3.8, 4) is 5.75 Å². The number of hydrogen-bond acceptors (Lipinski definition) is 5. The van der Waals surface area contributed by atoms with Gasteiger partial charge in [-0.3, -0.25) is 14.2 Å². The summed E-state index contributed by atoms with van der Waals surface area (Å²) in [6.45, 7) is 7.33. The number of carbonyl (C=O) groups excluding carboxylic acids is 1. The molecule has 0 bridgehead atoms. The van der Waals surface area contributed by atoms with Gasteiger partial charge < -0.3 is 9.72 Å². The predicted molar refractivity (Wildman–Crippen MR) is 135 cm³/mol. The zero-order valence-electron chi connectivity index (χ0n) is 19.7. The number of H-pyrrole nitrogens is 1. The van der Waals surface area contributed by atoms with Crippen LogP contribution in [0.25, 0.3) is 16.8 Å². The molecule has 1 N–H and O–H groups in total. The maximum Gasteiger partial charge on any atom is 0.271 e. The van der Waals surface area contributed by atoms with E-state index in [9.17, 15) is 9.59 Å². The summed E-state index contributed by atoms with van der Waals surface area (Å²) in [5.41, 5.74) is 4.73. The van der Waals surface area contributed by atoms with Crippen molar-refractivity contribution in [3.63, 3.8) is 0 Å². The number of Topliss-reactive ketones (excluding diaryl/α,β-unsaturated/α-hetero) is 1. The lowest BCUT2D eigenvalue weighted by Gasteiger charge is -2.27. The molecular weight excluding hydrogens is 446 g/mol. The van der Waals surface area contributed by atoms with Gasteiger partial charge >= 0.3 is 0 Å². The number of thiazole rings is 1. The number of aromatic amines is 1. The summed E-state index contributed by atoms with van der Waals surface area (Å²) in [7, 11) is 1.61. The number of ether oxygens (including phenoxy) is 1. The van der Waals surface area contributed by atoms with Crippen molar-refractivity contribution in [1.82, 2.24) is 9.55 Å². The normalized spacial score (nSPS) is 16.0. The van der Waals surface area contributed by atoms with Crippen molar-refractivity contribution >= 4 is 34.0 Å². The van der Waals surface area contributed by atoms with E-state index >= 15 is 0 Å². The first-order chi connectivity index (χ1) is 16.3. The quantitative estimate of drug-likeness (QED) is 0.490. The molecule has 0 unspecified atom stereocenters. The monoisotopic (exact) mass is 471 g/mol. The van der Waals surface area contributed by atoms with Crippen LogP contribution in [0.2, 0.25) is 0 Å². The summed E-state index contributed by atoms with van der Waals surface area (Å²) in [6.07, 6.45) is 1.90. The second-order valence-corrected chi connectivity index (χ2v) is 9.58. The molecule has 172 valence electrons. The topological polar surface area (TPSA) is 76.4 Å². The van der Waals surface area contributed by atoms with E-state index < -0.39 is 6.04 Å². The van der Waals surface area contributed by atoms with Crippen molar-refractivity contribution in [1.29, 1.82) is 0 Å². The number of benzene rings is 2. The average Bonchev–Trinajstić information content (AvgIpc) is 3.28. The number of methoxy groups -OCH3 is 1. The van der Waals surface area contributed by atoms with Crippen LogP contribution in [0.4, 0.5) is 0 Å². The number of fused-ring (bicyclic) bond motifs is 2. The number of rotatable bonds is 4. The lowest BCUT2D eigenvalue weighted by atomic mass is 9.89. The summed E-state index contributed by atoms with van der Waals surface area (Å²) in [4.78, 5) is 35.3. The van der Waals surface area contributed by atoms with Gasteiger partial charge in [-0.25, -0.2) is 4.99 Å². The van der Waals surface area contributed by atoms with Crippen molar-refractivity contribution in [2.24, 2.45) is 4.99 Å². The molecule has 0 aliphatic carbocycles. The maximum atomic E-state index is 13.8. The van der Waals surface area contributed by atoms with Gasteiger partial charge in [-0.2, -0.15) is 0 Å². The molecule has 0 spiro atoms. The van der Waals surface area contributed by atoms with Crippen LogP contribution in [-0.2, 0) is 4.79 Å². The lowest BCUT2D eigenvalue weighted by Crippen LogP contribution is -2.39. The van der Waals surface area contributed by atoms with Crippen LogP contribution >= 0.6 is 11.3 Å². The van der Waals surface area contributed by atoms with Gasteiger partial charge in [0.05, 0.1) is 17.7 Å². The molecule has 1 aliphatic rings. The molecule has 7 heteroatoms. The second kappa shape index (κ2) is 8.25. The van der Waals surface area contributed by atoms with Gasteiger partial charge in [-0.1, -0.05) is 41.7 Å². The number of aromatic nitrogens is 2. The van der Waals surface area contributed by atoms with Crippen LogP contribution in [0.5, 0.6) is 5.75 Å². The predicted octanol–water partition coefficient (Wildman–Crippen LogP) is 3.93. The fourth-order valence-corrected chi connectivity index (χ4v) is 5.85. The lowest BCUT2D eigenvalue weighted by molar-refractivity contribution is -0.114. The number of nitrogens with one attached hydrogen (secondary N) is 1. The Morgan fingerprint density at radius 2 is 1.94 bits per heavy atom. The second-order valence-electron chi connectivity index (χ2n) is 8.57. The zero-order valence-corrected chi connectivity index (χ0v) is 20.5.